The van der Waals surface area contributed by atoms with E-state index in [1.54, 1.807) is 6.92 Å². The lowest BCUT2D eigenvalue weighted by Gasteiger charge is -2.04. The molecule has 4 nitrogen and oxygen atoms in total. The number of esters is 1. The van der Waals surface area contributed by atoms with Crippen molar-refractivity contribution >= 4 is 17.5 Å². The van der Waals surface area contributed by atoms with Gasteiger partial charge in [0.05, 0.1) is 13.5 Å². The third-order valence-electron chi connectivity index (χ3n) is 2.41. The smallest absolute Gasteiger partial charge is 0.374 e. The topological polar surface area (TPSA) is 60.4 Å². The summed E-state index contributed by atoms with van der Waals surface area (Å²) in [5.74, 6) is -1.83. The van der Waals surface area contributed by atoms with Gasteiger partial charge in [0.15, 0.2) is 0 Å². The van der Waals surface area contributed by atoms with E-state index < -0.39 is 11.8 Å². The number of rotatable bonds is 4. The van der Waals surface area contributed by atoms with Crippen LogP contribution in [-0.2, 0) is 19.1 Å². The van der Waals surface area contributed by atoms with Crippen molar-refractivity contribution < 1.29 is 19.1 Å². The number of carbonyl (C=O) groups is 3. The van der Waals surface area contributed by atoms with Crippen LogP contribution >= 0.6 is 0 Å². The van der Waals surface area contributed by atoms with Crippen LogP contribution in [0.25, 0.3) is 0 Å². The Kier molecular flexibility index (Phi) is 2.50. The molecule has 1 rings (SSSR count). The SMILES string of the molecule is COC(=O)C(=O)CC(=O)C1(C)CC1. The molecule has 72 valence electrons. The summed E-state index contributed by atoms with van der Waals surface area (Å²) in [6.45, 7) is 1.81. The number of hydrogen-bond donors (Lipinski definition) is 0. The van der Waals surface area contributed by atoms with Crippen molar-refractivity contribution in [1.82, 2.24) is 0 Å². The number of ketones is 2. The van der Waals surface area contributed by atoms with Gasteiger partial charge in [-0.2, -0.15) is 0 Å². The average molecular weight is 184 g/mol. The fourth-order valence-corrected chi connectivity index (χ4v) is 1.01. The van der Waals surface area contributed by atoms with E-state index in [9.17, 15) is 14.4 Å². The molecule has 0 aromatic heterocycles. The summed E-state index contributed by atoms with van der Waals surface area (Å²) in [6.07, 6.45) is 1.32. The monoisotopic (exact) mass is 184 g/mol. The van der Waals surface area contributed by atoms with Gasteiger partial charge in [-0.3, -0.25) is 9.59 Å². The molecule has 1 fully saturated rings. The van der Waals surface area contributed by atoms with Crippen LogP contribution in [-0.4, -0.2) is 24.6 Å². The highest BCUT2D eigenvalue weighted by atomic mass is 16.5. The Labute approximate surface area is 76.3 Å². The Hall–Kier alpha value is -1.19. The van der Waals surface area contributed by atoms with Crippen LogP contribution in [0.2, 0.25) is 0 Å². The summed E-state index contributed by atoms with van der Waals surface area (Å²) in [6, 6.07) is 0. The average Bonchev–Trinajstić information content (AvgIpc) is 2.83. The van der Waals surface area contributed by atoms with Crippen LogP contribution in [0.3, 0.4) is 0 Å². The summed E-state index contributed by atoms with van der Waals surface area (Å²) in [5, 5.41) is 0. The number of ether oxygens (including phenoxy) is 1. The fourth-order valence-electron chi connectivity index (χ4n) is 1.01. The molecule has 1 aliphatic rings. The van der Waals surface area contributed by atoms with Crippen LogP contribution in [0.5, 0.6) is 0 Å². The molecule has 0 spiro atoms. The molecule has 0 radical (unpaired) electrons. The van der Waals surface area contributed by atoms with Crippen molar-refractivity contribution in [2.45, 2.75) is 26.2 Å². The van der Waals surface area contributed by atoms with Crippen LogP contribution in [0.4, 0.5) is 0 Å². The molecule has 0 bridgehead atoms. The molecule has 1 aliphatic carbocycles. The molecule has 1 saturated carbocycles. The first-order valence-electron chi connectivity index (χ1n) is 4.14. The molecule has 0 aromatic carbocycles. The van der Waals surface area contributed by atoms with E-state index in [0.29, 0.717) is 0 Å². The van der Waals surface area contributed by atoms with Crippen molar-refractivity contribution in [3.8, 4) is 0 Å². The van der Waals surface area contributed by atoms with Gasteiger partial charge in [0.1, 0.15) is 5.78 Å². The van der Waals surface area contributed by atoms with Crippen molar-refractivity contribution in [1.29, 1.82) is 0 Å². The predicted octanol–water partition coefficient (Wildman–Crippen LogP) is 0.488. The maximum absolute atomic E-state index is 11.3. The van der Waals surface area contributed by atoms with E-state index in [2.05, 4.69) is 4.74 Å². The summed E-state index contributed by atoms with van der Waals surface area (Å²) in [4.78, 5) is 33.0. The van der Waals surface area contributed by atoms with E-state index >= 15 is 0 Å². The minimum absolute atomic E-state index is 0.150. The maximum Gasteiger partial charge on any atom is 0.374 e. The van der Waals surface area contributed by atoms with Gasteiger partial charge in [-0.05, 0) is 12.8 Å². The Morgan fingerprint density at radius 3 is 2.23 bits per heavy atom. The zero-order chi connectivity index (χ0) is 10.1. The van der Waals surface area contributed by atoms with Gasteiger partial charge in [-0.25, -0.2) is 4.79 Å². The molecule has 0 atom stereocenters. The second kappa shape index (κ2) is 3.28. The van der Waals surface area contributed by atoms with Gasteiger partial charge in [0.25, 0.3) is 0 Å². The van der Waals surface area contributed by atoms with Crippen molar-refractivity contribution in [2.75, 3.05) is 7.11 Å². The Morgan fingerprint density at radius 2 is 1.85 bits per heavy atom. The lowest BCUT2D eigenvalue weighted by molar-refractivity contribution is -0.152. The number of hydrogen-bond acceptors (Lipinski definition) is 4. The molecule has 0 unspecified atom stereocenters. The molecule has 0 saturated heterocycles. The molecule has 0 N–H and O–H groups in total. The van der Waals surface area contributed by atoms with Gasteiger partial charge in [0, 0.05) is 5.41 Å². The lowest BCUT2D eigenvalue weighted by Crippen LogP contribution is -2.23. The first-order valence-corrected chi connectivity index (χ1v) is 4.14. The molecule has 0 aliphatic heterocycles. The first kappa shape index (κ1) is 9.89. The lowest BCUT2D eigenvalue weighted by atomic mass is 9.99. The second-order valence-electron chi connectivity index (χ2n) is 3.58. The highest BCUT2D eigenvalue weighted by Gasteiger charge is 2.45. The maximum atomic E-state index is 11.3. The zero-order valence-electron chi connectivity index (χ0n) is 7.75. The Balaban J connectivity index is 2.45. The fraction of sp³-hybridized carbons (Fsp3) is 0.667. The molecular formula is C9H12O4. The second-order valence-corrected chi connectivity index (χ2v) is 3.58. The predicted molar refractivity (Wildman–Crippen MR) is 44.0 cm³/mol. The minimum atomic E-state index is -0.933. The molecule has 0 heterocycles. The Morgan fingerprint density at radius 1 is 1.31 bits per heavy atom. The molecular weight excluding hydrogens is 172 g/mol. The van der Waals surface area contributed by atoms with Gasteiger partial charge in [-0.1, -0.05) is 6.92 Å². The van der Waals surface area contributed by atoms with E-state index in [4.69, 9.17) is 0 Å². The van der Waals surface area contributed by atoms with Gasteiger partial charge >= 0.3 is 5.97 Å². The van der Waals surface area contributed by atoms with Crippen molar-refractivity contribution in [3.63, 3.8) is 0 Å². The van der Waals surface area contributed by atoms with E-state index in [0.717, 1.165) is 20.0 Å². The molecule has 13 heavy (non-hydrogen) atoms. The highest BCUT2D eigenvalue weighted by Crippen LogP contribution is 2.46. The first-order chi connectivity index (χ1) is 5.99. The normalized spacial score (nSPS) is 17.7. The Bertz CT molecular complexity index is 263. The van der Waals surface area contributed by atoms with Crippen molar-refractivity contribution in [3.05, 3.63) is 0 Å². The van der Waals surface area contributed by atoms with Gasteiger partial charge in [0.2, 0.25) is 5.78 Å². The summed E-state index contributed by atoms with van der Waals surface area (Å²) in [5.41, 5.74) is -0.344. The van der Waals surface area contributed by atoms with E-state index in [1.165, 1.54) is 0 Å². The molecule has 4 heteroatoms. The third-order valence-corrected chi connectivity index (χ3v) is 2.41. The quantitative estimate of drug-likeness (QED) is 0.362. The van der Waals surface area contributed by atoms with Crippen LogP contribution in [0.1, 0.15) is 26.2 Å². The van der Waals surface area contributed by atoms with Crippen LogP contribution < -0.4 is 0 Å². The third kappa shape index (κ3) is 2.14. The van der Waals surface area contributed by atoms with E-state index in [1.807, 2.05) is 0 Å². The number of Topliss-reactive ketones (excluding diaryl/α,β-unsaturated/α-hetero) is 2. The van der Waals surface area contributed by atoms with Gasteiger partial charge in [-0.15, -0.1) is 0 Å². The summed E-state index contributed by atoms with van der Waals surface area (Å²) < 4.78 is 4.21. The van der Waals surface area contributed by atoms with Crippen LogP contribution in [0.15, 0.2) is 0 Å². The highest BCUT2D eigenvalue weighted by molar-refractivity contribution is 6.37. The van der Waals surface area contributed by atoms with Crippen LogP contribution in [0, 0.1) is 5.41 Å². The summed E-state index contributed by atoms with van der Waals surface area (Å²) in [7, 11) is 1.13. The number of methoxy groups -OCH3 is 1. The largest absolute Gasteiger partial charge is 0.463 e. The molecule has 0 amide bonds. The standard InChI is InChI=1S/C9H12O4/c1-9(3-4-9)7(11)5-6(10)8(12)13-2/h3-5H2,1-2H3. The van der Waals surface area contributed by atoms with E-state index in [-0.39, 0.29) is 17.6 Å². The van der Waals surface area contributed by atoms with Gasteiger partial charge < -0.3 is 4.74 Å². The van der Waals surface area contributed by atoms with Crippen molar-refractivity contribution in [2.24, 2.45) is 5.41 Å². The number of carbonyl (C=O) groups excluding carboxylic acids is 3. The summed E-state index contributed by atoms with van der Waals surface area (Å²) >= 11 is 0. The minimum Gasteiger partial charge on any atom is -0.463 e. The molecule has 0 aromatic rings. The zero-order valence-corrected chi connectivity index (χ0v) is 7.75.